The maximum atomic E-state index is 13.0. The molecule has 0 heterocycles. The molecule has 0 spiro atoms. The van der Waals surface area contributed by atoms with E-state index in [-0.39, 0.29) is 13.2 Å². The maximum Gasteiger partial charge on any atom is 0.321 e. The van der Waals surface area contributed by atoms with Gasteiger partial charge in [0.2, 0.25) is 0 Å². The fraction of sp³-hybridized carbons (Fsp3) is 0.481. The molecule has 0 radical (unpaired) electrons. The average Bonchev–Trinajstić information content (AvgIpc) is 2.86. The number of hydrogen-bond donors (Lipinski definition) is 0. The molecule has 0 fully saturated rings. The highest BCUT2D eigenvalue weighted by Gasteiger charge is 2.44. The van der Waals surface area contributed by atoms with Crippen molar-refractivity contribution in [2.45, 2.75) is 46.5 Å². The molecule has 0 amide bonds. The van der Waals surface area contributed by atoms with Crippen LogP contribution in [0.15, 0.2) is 48.5 Å². The summed E-state index contributed by atoms with van der Waals surface area (Å²) in [6.45, 7) is 8.16. The lowest BCUT2D eigenvalue weighted by atomic mass is 9.84. The molecule has 1 atom stereocenters. The summed E-state index contributed by atoms with van der Waals surface area (Å²) in [6, 6.07) is 14.9. The number of methoxy groups -OCH3 is 1. The van der Waals surface area contributed by atoms with Gasteiger partial charge in [-0.2, -0.15) is 0 Å². The summed E-state index contributed by atoms with van der Waals surface area (Å²) in [4.78, 5) is 26.0. The minimum absolute atomic E-state index is 0.115. The van der Waals surface area contributed by atoms with E-state index in [0.717, 1.165) is 5.56 Å². The van der Waals surface area contributed by atoms with Gasteiger partial charge in [0, 0.05) is 13.2 Å². The van der Waals surface area contributed by atoms with E-state index in [0.29, 0.717) is 36.9 Å². The van der Waals surface area contributed by atoms with E-state index in [9.17, 15) is 9.59 Å². The Hall–Kier alpha value is -3.10. The number of hydrogen-bond acceptors (Lipinski definition) is 8. The molecular weight excluding hydrogens is 452 g/mol. The lowest BCUT2D eigenvalue weighted by Crippen LogP contribution is -2.41. The zero-order valence-electron chi connectivity index (χ0n) is 21.2. The first-order valence-electron chi connectivity index (χ1n) is 11.9. The van der Waals surface area contributed by atoms with Gasteiger partial charge in [-0.25, -0.2) is 0 Å². The zero-order chi connectivity index (χ0) is 25.6. The van der Waals surface area contributed by atoms with Crippen molar-refractivity contribution >= 4 is 11.9 Å². The van der Waals surface area contributed by atoms with Crippen LogP contribution in [0, 0.1) is 5.92 Å². The van der Waals surface area contributed by atoms with Crippen LogP contribution < -0.4 is 9.47 Å². The summed E-state index contributed by atoms with van der Waals surface area (Å²) < 4.78 is 33.8. The first-order valence-corrected chi connectivity index (χ1v) is 11.9. The molecule has 0 saturated heterocycles. The standard InChI is InChI=1S/C27H36O8/c1-6-31-25(28)24(26(29)32-7-2)23(27(33-8-3)34-9-4)20-15-16-21(30-5)22(17-20)35-18-19-13-11-10-12-14-19/h10-17,23-24,27H,6-9,18H2,1-5H3. The fourth-order valence-corrected chi connectivity index (χ4v) is 3.69. The summed E-state index contributed by atoms with van der Waals surface area (Å²) in [7, 11) is 1.55. The molecule has 0 aliphatic carbocycles. The molecule has 35 heavy (non-hydrogen) atoms. The highest BCUT2D eigenvalue weighted by Crippen LogP contribution is 2.38. The Morgan fingerprint density at radius 3 is 1.89 bits per heavy atom. The van der Waals surface area contributed by atoms with E-state index in [2.05, 4.69) is 0 Å². The van der Waals surface area contributed by atoms with Crippen LogP contribution in [0.1, 0.15) is 44.7 Å². The Morgan fingerprint density at radius 2 is 1.37 bits per heavy atom. The van der Waals surface area contributed by atoms with Gasteiger partial charge in [0.05, 0.1) is 26.2 Å². The Morgan fingerprint density at radius 1 is 0.771 bits per heavy atom. The lowest BCUT2D eigenvalue weighted by Gasteiger charge is -2.31. The Labute approximate surface area is 207 Å². The number of rotatable bonds is 15. The number of benzene rings is 2. The summed E-state index contributed by atoms with van der Waals surface area (Å²) in [5.74, 6) is -2.59. The molecule has 2 rings (SSSR count). The van der Waals surface area contributed by atoms with Crippen molar-refractivity contribution in [3.63, 3.8) is 0 Å². The summed E-state index contributed by atoms with van der Waals surface area (Å²) in [5, 5.41) is 0. The first kappa shape index (κ1) is 28.1. The summed E-state index contributed by atoms with van der Waals surface area (Å²) in [6.07, 6.45) is -0.904. The zero-order valence-corrected chi connectivity index (χ0v) is 21.2. The van der Waals surface area contributed by atoms with Crippen molar-refractivity contribution in [1.29, 1.82) is 0 Å². The molecule has 0 aromatic heterocycles. The molecule has 0 N–H and O–H groups in total. The van der Waals surface area contributed by atoms with Gasteiger partial charge in [0.15, 0.2) is 23.7 Å². The molecule has 0 aliphatic heterocycles. The van der Waals surface area contributed by atoms with Crippen molar-refractivity contribution in [3.05, 3.63) is 59.7 Å². The highest BCUT2D eigenvalue weighted by atomic mass is 16.7. The number of esters is 2. The Balaban J connectivity index is 2.56. The van der Waals surface area contributed by atoms with Crippen molar-refractivity contribution in [1.82, 2.24) is 0 Å². The number of ether oxygens (including phenoxy) is 6. The quantitative estimate of drug-likeness (QED) is 0.206. The first-order chi connectivity index (χ1) is 17.0. The van der Waals surface area contributed by atoms with E-state index in [1.54, 1.807) is 39.2 Å². The van der Waals surface area contributed by atoms with Crippen LogP contribution in [0.2, 0.25) is 0 Å². The predicted molar refractivity (Wildman–Crippen MR) is 130 cm³/mol. The van der Waals surface area contributed by atoms with Crippen LogP contribution >= 0.6 is 0 Å². The summed E-state index contributed by atoms with van der Waals surface area (Å²) in [5.41, 5.74) is 1.57. The summed E-state index contributed by atoms with van der Waals surface area (Å²) >= 11 is 0. The van der Waals surface area contributed by atoms with Crippen LogP contribution in [0.5, 0.6) is 11.5 Å². The van der Waals surface area contributed by atoms with Gasteiger partial charge in [0.25, 0.3) is 0 Å². The monoisotopic (exact) mass is 488 g/mol. The van der Waals surface area contributed by atoms with E-state index < -0.39 is 30.1 Å². The molecule has 2 aromatic rings. The normalized spacial score (nSPS) is 11.9. The van der Waals surface area contributed by atoms with Gasteiger partial charge in [-0.15, -0.1) is 0 Å². The minimum Gasteiger partial charge on any atom is -0.493 e. The third kappa shape index (κ3) is 7.97. The van der Waals surface area contributed by atoms with Crippen molar-refractivity contribution in [2.75, 3.05) is 33.5 Å². The van der Waals surface area contributed by atoms with Gasteiger partial charge in [-0.3, -0.25) is 9.59 Å². The van der Waals surface area contributed by atoms with Gasteiger partial charge < -0.3 is 28.4 Å². The van der Waals surface area contributed by atoms with Crippen molar-refractivity contribution < 1.29 is 38.0 Å². The molecule has 0 aliphatic rings. The van der Waals surface area contributed by atoms with Crippen LogP contribution in [0.3, 0.4) is 0 Å². The van der Waals surface area contributed by atoms with Crippen LogP contribution in [-0.4, -0.2) is 51.8 Å². The van der Waals surface area contributed by atoms with Gasteiger partial charge in [0.1, 0.15) is 6.61 Å². The second-order valence-electron chi connectivity index (χ2n) is 7.47. The molecule has 8 heteroatoms. The van der Waals surface area contributed by atoms with Crippen LogP contribution in [0.4, 0.5) is 0 Å². The second kappa shape index (κ2) is 15.0. The molecular formula is C27H36O8. The molecule has 1 unspecified atom stereocenters. The Kier molecular flexibility index (Phi) is 12.1. The topological polar surface area (TPSA) is 89.5 Å². The molecule has 8 nitrogen and oxygen atoms in total. The minimum atomic E-state index is -1.30. The predicted octanol–water partition coefficient (Wildman–Crippen LogP) is 4.50. The van der Waals surface area contributed by atoms with E-state index in [1.165, 1.54) is 0 Å². The van der Waals surface area contributed by atoms with Gasteiger partial charge >= 0.3 is 11.9 Å². The van der Waals surface area contributed by atoms with E-state index in [1.807, 2.05) is 44.2 Å². The molecule has 192 valence electrons. The van der Waals surface area contributed by atoms with Gasteiger partial charge in [-0.1, -0.05) is 36.4 Å². The lowest BCUT2D eigenvalue weighted by molar-refractivity contribution is -0.183. The van der Waals surface area contributed by atoms with Crippen LogP contribution in [-0.2, 0) is 35.1 Å². The smallest absolute Gasteiger partial charge is 0.321 e. The highest BCUT2D eigenvalue weighted by molar-refractivity contribution is 5.96. The number of carbonyl (C=O) groups excluding carboxylic acids is 2. The molecule has 0 saturated carbocycles. The average molecular weight is 489 g/mol. The Bertz CT molecular complexity index is 891. The van der Waals surface area contributed by atoms with Gasteiger partial charge in [-0.05, 0) is 51.0 Å². The second-order valence-corrected chi connectivity index (χ2v) is 7.47. The van der Waals surface area contributed by atoms with Crippen LogP contribution in [0.25, 0.3) is 0 Å². The molecule has 0 bridgehead atoms. The SMILES string of the molecule is CCOC(=O)C(C(=O)OCC)C(c1ccc(OC)c(OCc2ccccc2)c1)C(OCC)OCC. The third-order valence-corrected chi connectivity index (χ3v) is 5.21. The molecule has 2 aromatic carbocycles. The third-order valence-electron chi connectivity index (χ3n) is 5.21. The number of carbonyl (C=O) groups is 2. The van der Waals surface area contributed by atoms with Crippen molar-refractivity contribution in [3.8, 4) is 11.5 Å². The van der Waals surface area contributed by atoms with Crippen molar-refractivity contribution in [2.24, 2.45) is 5.92 Å². The van der Waals surface area contributed by atoms with E-state index >= 15 is 0 Å². The largest absolute Gasteiger partial charge is 0.493 e. The van der Waals surface area contributed by atoms with E-state index in [4.69, 9.17) is 28.4 Å². The fourth-order valence-electron chi connectivity index (χ4n) is 3.69. The maximum absolute atomic E-state index is 13.0.